The molecule has 28 heavy (non-hydrogen) atoms. The van der Waals surface area contributed by atoms with Gasteiger partial charge in [0.25, 0.3) is 15.9 Å². The second-order valence-electron chi connectivity index (χ2n) is 5.61. The molecule has 0 aliphatic carbocycles. The number of hydrogen-bond donors (Lipinski definition) is 3. The molecule has 0 bridgehead atoms. The maximum atomic E-state index is 12.4. The number of rotatable bonds is 8. The van der Waals surface area contributed by atoms with Crippen molar-refractivity contribution in [1.29, 1.82) is 0 Å². The van der Waals surface area contributed by atoms with Crippen LogP contribution in [0, 0.1) is 0 Å². The lowest BCUT2D eigenvalue weighted by Gasteiger charge is -2.13. The molecule has 8 nitrogen and oxygen atoms in total. The standard InChI is InChI=1S/C18H17N3O5S2/c22-16(9-10-19-18(23)15-7-3-11-26-15)20-13-5-1-2-6-14(13)21-28(24,25)17-8-4-12-27-17/h1-8,11-12,21H,9-10H2,(H,19,23)(H,20,22). The Hall–Kier alpha value is -3.11. The first-order valence-corrected chi connectivity index (χ1v) is 10.6. The molecule has 0 spiro atoms. The molecule has 2 heterocycles. The van der Waals surface area contributed by atoms with Crippen LogP contribution >= 0.6 is 11.3 Å². The molecule has 10 heteroatoms. The van der Waals surface area contributed by atoms with Gasteiger partial charge in [0.15, 0.2) is 5.76 Å². The number of sulfonamides is 1. The van der Waals surface area contributed by atoms with Crippen LogP contribution in [0.5, 0.6) is 0 Å². The van der Waals surface area contributed by atoms with E-state index in [1.807, 2.05) is 0 Å². The van der Waals surface area contributed by atoms with E-state index in [0.29, 0.717) is 5.69 Å². The van der Waals surface area contributed by atoms with Crippen LogP contribution in [-0.2, 0) is 14.8 Å². The lowest BCUT2D eigenvalue weighted by Crippen LogP contribution is -2.27. The predicted octanol–water partition coefficient (Wildman–Crippen LogP) is 2.90. The summed E-state index contributed by atoms with van der Waals surface area (Å²) in [6, 6.07) is 12.7. The fourth-order valence-electron chi connectivity index (χ4n) is 2.29. The van der Waals surface area contributed by atoms with Gasteiger partial charge in [0.1, 0.15) is 4.21 Å². The second kappa shape index (κ2) is 8.72. The number of carbonyl (C=O) groups is 2. The van der Waals surface area contributed by atoms with Crippen molar-refractivity contribution >= 4 is 44.5 Å². The smallest absolute Gasteiger partial charge is 0.286 e. The highest BCUT2D eigenvalue weighted by atomic mass is 32.2. The van der Waals surface area contributed by atoms with Crippen LogP contribution in [0.2, 0.25) is 0 Å². The van der Waals surface area contributed by atoms with Gasteiger partial charge in [-0.1, -0.05) is 18.2 Å². The molecular formula is C18H17N3O5S2. The molecule has 0 aliphatic rings. The van der Waals surface area contributed by atoms with E-state index in [9.17, 15) is 18.0 Å². The Morgan fingerprint density at radius 1 is 1.00 bits per heavy atom. The van der Waals surface area contributed by atoms with Gasteiger partial charge >= 0.3 is 0 Å². The number of benzene rings is 1. The molecule has 0 atom stereocenters. The fraction of sp³-hybridized carbons (Fsp3) is 0.111. The molecule has 3 aromatic rings. The SMILES string of the molecule is O=C(CCNC(=O)c1ccco1)Nc1ccccc1NS(=O)(=O)c1cccs1. The monoisotopic (exact) mass is 419 g/mol. The fourth-order valence-corrected chi connectivity index (χ4v) is 4.36. The Labute approximate surface area is 165 Å². The van der Waals surface area contributed by atoms with E-state index >= 15 is 0 Å². The zero-order valence-corrected chi connectivity index (χ0v) is 16.2. The first-order chi connectivity index (χ1) is 13.5. The Morgan fingerprint density at radius 2 is 1.79 bits per heavy atom. The van der Waals surface area contributed by atoms with Crippen LogP contribution in [0.15, 0.2) is 68.8 Å². The van der Waals surface area contributed by atoms with Crippen molar-refractivity contribution in [3.8, 4) is 0 Å². The van der Waals surface area contributed by atoms with Gasteiger partial charge in [-0.25, -0.2) is 8.42 Å². The van der Waals surface area contributed by atoms with Crippen LogP contribution < -0.4 is 15.4 Å². The van der Waals surface area contributed by atoms with Crippen molar-refractivity contribution in [3.63, 3.8) is 0 Å². The molecule has 3 N–H and O–H groups in total. The van der Waals surface area contributed by atoms with Crippen molar-refractivity contribution in [2.75, 3.05) is 16.6 Å². The third-order valence-corrected chi connectivity index (χ3v) is 6.35. The first kappa shape index (κ1) is 19.6. The molecule has 0 saturated heterocycles. The lowest BCUT2D eigenvalue weighted by atomic mass is 10.2. The number of para-hydroxylation sites is 2. The summed E-state index contributed by atoms with van der Waals surface area (Å²) in [4.78, 5) is 23.9. The molecular weight excluding hydrogens is 402 g/mol. The van der Waals surface area contributed by atoms with Gasteiger partial charge in [-0.3, -0.25) is 14.3 Å². The number of hydrogen-bond acceptors (Lipinski definition) is 6. The number of carbonyl (C=O) groups excluding carboxylic acids is 2. The van der Waals surface area contributed by atoms with Crippen molar-refractivity contribution in [3.05, 3.63) is 65.9 Å². The van der Waals surface area contributed by atoms with Crippen LogP contribution in [0.25, 0.3) is 0 Å². The van der Waals surface area contributed by atoms with Gasteiger partial charge in [-0.05, 0) is 35.7 Å². The molecule has 0 fully saturated rings. The van der Waals surface area contributed by atoms with E-state index in [1.165, 1.54) is 18.4 Å². The summed E-state index contributed by atoms with van der Waals surface area (Å²) in [5.74, 6) is -0.627. The Balaban J connectivity index is 1.58. The molecule has 0 unspecified atom stereocenters. The molecule has 2 amide bonds. The maximum absolute atomic E-state index is 12.4. The minimum Gasteiger partial charge on any atom is -0.459 e. The Bertz CT molecular complexity index is 1040. The largest absolute Gasteiger partial charge is 0.459 e. The van der Waals surface area contributed by atoms with Crippen LogP contribution in [0.3, 0.4) is 0 Å². The third-order valence-electron chi connectivity index (χ3n) is 3.59. The summed E-state index contributed by atoms with van der Waals surface area (Å²) in [6.45, 7) is 0.106. The van der Waals surface area contributed by atoms with Crippen molar-refractivity contribution in [2.45, 2.75) is 10.6 Å². The van der Waals surface area contributed by atoms with Gasteiger partial charge < -0.3 is 15.1 Å². The average molecular weight is 419 g/mol. The molecule has 146 valence electrons. The Kier molecular flexibility index (Phi) is 6.12. The minimum absolute atomic E-state index is 0.0124. The van der Waals surface area contributed by atoms with Gasteiger partial charge in [-0.2, -0.15) is 0 Å². The highest BCUT2D eigenvalue weighted by molar-refractivity contribution is 7.94. The number of furan rings is 1. The topological polar surface area (TPSA) is 118 Å². The maximum Gasteiger partial charge on any atom is 0.286 e. The first-order valence-electron chi connectivity index (χ1n) is 8.22. The summed E-state index contributed by atoms with van der Waals surface area (Å²) in [7, 11) is -3.73. The van der Waals surface area contributed by atoms with E-state index in [1.54, 1.807) is 41.8 Å². The number of thiophene rings is 1. The summed E-state index contributed by atoms with van der Waals surface area (Å²) < 4.78 is 32.4. The lowest BCUT2D eigenvalue weighted by molar-refractivity contribution is -0.116. The van der Waals surface area contributed by atoms with E-state index < -0.39 is 15.9 Å². The van der Waals surface area contributed by atoms with Crippen molar-refractivity contribution < 1.29 is 22.4 Å². The highest BCUT2D eigenvalue weighted by Gasteiger charge is 2.17. The molecule has 3 rings (SSSR count). The molecule has 1 aromatic carbocycles. The third kappa shape index (κ3) is 4.99. The second-order valence-corrected chi connectivity index (χ2v) is 8.47. The minimum atomic E-state index is -3.73. The normalized spacial score (nSPS) is 11.0. The van der Waals surface area contributed by atoms with Gasteiger partial charge in [0.2, 0.25) is 5.91 Å². The number of amides is 2. The molecule has 2 aromatic heterocycles. The average Bonchev–Trinajstić information content (AvgIpc) is 3.37. The summed E-state index contributed by atoms with van der Waals surface area (Å²) >= 11 is 1.10. The van der Waals surface area contributed by atoms with E-state index in [2.05, 4.69) is 15.4 Å². The highest BCUT2D eigenvalue weighted by Crippen LogP contribution is 2.26. The van der Waals surface area contributed by atoms with Crippen LogP contribution in [-0.4, -0.2) is 26.8 Å². The summed E-state index contributed by atoms with van der Waals surface area (Å²) in [5, 5.41) is 6.89. The molecule has 0 saturated carbocycles. The zero-order valence-electron chi connectivity index (χ0n) is 14.5. The van der Waals surface area contributed by atoms with Gasteiger partial charge in [0.05, 0.1) is 17.6 Å². The van der Waals surface area contributed by atoms with Crippen LogP contribution in [0.4, 0.5) is 11.4 Å². The van der Waals surface area contributed by atoms with Crippen molar-refractivity contribution in [1.82, 2.24) is 5.32 Å². The van der Waals surface area contributed by atoms with Gasteiger partial charge in [-0.15, -0.1) is 11.3 Å². The summed E-state index contributed by atoms with van der Waals surface area (Å²) in [6.07, 6.45) is 1.40. The van der Waals surface area contributed by atoms with Crippen LogP contribution in [0.1, 0.15) is 17.0 Å². The quantitative estimate of drug-likeness (QED) is 0.519. The molecule has 0 aliphatic heterocycles. The molecule has 0 radical (unpaired) electrons. The zero-order chi connectivity index (χ0) is 20.0. The van der Waals surface area contributed by atoms with Gasteiger partial charge in [0, 0.05) is 13.0 Å². The van der Waals surface area contributed by atoms with Crippen molar-refractivity contribution in [2.24, 2.45) is 0 Å². The van der Waals surface area contributed by atoms with E-state index in [-0.39, 0.29) is 34.5 Å². The predicted molar refractivity (Wildman–Crippen MR) is 106 cm³/mol. The van der Waals surface area contributed by atoms with E-state index in [4.69, 9.17) is 4.42 Å². The van der Waals surface area contributed by atoms with E-state index in [0.717, 1.165) is 11.3 Å². The Morgan fingerprint density at radius 3 is 2.46 bits per heavy atom. The number of nitrogens with one attached hydrogen (secondary N) is 3. The number of anilines is 2. The summed E-state index contributed by atoms with van der Waals surface area (Å²) in [5.41, 5.74) is 0.578.